The predicted octanol–water partition coefficient (Wildman–Crippen LogP) is 6.40. The van der Waals surface area contributed by atoms with Crippen LogP contribution >= 0.6 is 0 Å². The van der Waals surface area contributed by atoms with Gasteiger partial charge in [0, 0.05) is 0 Å². The summed E-state index contributed by atoms with van der Waals surface area (Å²) in [6, 6.07) is 0. The fourth-order valence-electron chi connectivity index (χ4n) is 3.49. The van der Waals surface area contributed by atoms with E-state index in [1.54, 1.807) is 0 Å². The van der Waals surface area contributed by atoms with E-state index in [-0.39, 0.29) is 12.2 Å². The van der Waals surface area contributed by atoms with Crippen molar-refractivity contribution in [3.05, 3.63) is 0 Å². The number of methoxy groups -OCH3 is 1. The zero-order valence-corrected chi connectivity index (χ0v) is 18.1. The zero-order valence-electron chi connectivity index (χ0n) is 18.1. The number of hydrogen-bond donors (Lipinski definition) is 0. The summed E-state index contributed by atoms with van der Waals surface area (Å²) in [6.07, 6.45) is 12.3. The van der Waals surface area contributed by atoms with Crippen LogP contribution in [0.4, 0.5) is 9.59 Å². The molecule has 28 heavy (non-hydrogen) atoms. The van der Waals surface area contributed by atoms with Crippen LogP contribution in [-0.2, 0) is 18.9 Å². The second-order valence-corrected chi connectivity index (χ2v) is 8.20. The molecular weight excluding hydrogens is 360 g/mol. The lowest BCUT2D eigenvalue weighted by molar-refractivity contribution is -0.0230. The van der Waals surface area contributed by atoms with Crippen LogP contribution in [0.5, 0.6) is 0 Å². The standard InChI is InChI=1S/C22H40O6/c1-18(2)12-10-8-6-4-5-7-9-11-17-26-22(24)28-20-15-13-19(14-16-20)27-21(23)25-3/h18-20H,4-17H2,1-3H3. The number of unbranched alkanes of at least 4 members (excludes halogenated alkanes) is 7. The number of carbonyl (C=O) groups is 2. The summed E-state index contributed by atoms with van der Waals surface area (Å²) >= 11 is 0. The van der Waals surface area contributed by atoms with Gasteiger partial charge in [-0.25, -0.2) is 9.59 Å². The second-order valence-electron chi connectivity index (χ2n) is 8.20. The summed E-state index contributed by atoms with van der Waals surface area (Å²) in [6.45, 7) is 4.99. The molecule has 1 aliphatic carbocycles. The molecule has 0 bridgehead atoms. The van der Waals surface area contributed by atoms with Gasteiger partial charge in [-0.3, -0.25) is 0 Å². The van der Waals surface area contributed by atoms with Crippen molar-refractivity contribution in [2.75, 3.05) is 13.7 Å². The molecule has 0 N–H and O–H groups in total. The summed E-state index contributed by atoms with van der Waals surface area (Å²) in [5, 5.41) is 0. The Hall–Kier alpha value is -1.46. The van der Waals surface area contributed by atoms with Crippen molar-refractivity contribution >= 4 is 12.3 Å². The largest absolute Gasteiger partial charge is 0.508 e. The minimum absolute atomic E-state index is 0.152. The number of rotatable bonds is 13. The highest BCUT2D eigenvalue weighted by Crippen LogP contribution is 2.24. The molecule has 0 saturated heterocycles. The SMILES string of the molecule is COC(=O)OC1CCC(OC(=O)OCCCCCCCCCCC(C)C)CC1. The first kappa shape index (κ1) is 24.6. The van der Waals surface area contributed by atoms with Gasteiger partial charge in [-0.1, -0.05) is 65.2 Å². The molecule has 1 saturated carbocycles. The first-order valence-electron chi connectivity index (χ1n) is 11.1. The lowest BCUT2D eigenvalue weighted by Gasteiger charge is -2.27. The first-order valence-corrected chi connectivity index (χ1v) is 11.1. The topological polar surface area (TPSA) is 71.1 Å². The van der Waals surface area contributed by atoms with Crippen LogP contribution in [0, 0.1) is 5.92 Å². The van der Waals surface area contributed by atoms with Gasteiger partial charge < -0.3 is 18.9 Å². The average molecular weight is 401 g/mol. The van der Waals surface area contributed by atoms with Gasteiger partial charge >= 0.3 is 12.3 Å². The summed E-state index contributed by atoms with van der Waals surface area (Å²) < 4.78 is 20.1. The van der Waals surface area contributed by atoms with Crippen LogP contribution in [0.1, 0.15) is 97.3 Å². The van der Waals surface area contributed by atoms with Gasteiger partial charge in [0.2, 0.25) is 0 Å². The molecule has 1 fully saturated rings. The molecular formula is C22H40O6. The molecule has 6 heteroatoms. The minimum atomic E-state index is -0.657. The van der Waals surface area contributed by atoms with Crippen molar-refractivity contribution in [3.8, 4) is 0 Å². The fourth-order valence-corrected chi connectivity index (χ4v) is 3.49. The van der Waals surface area contributed by atoms with E-state index in [2.05, 4.69) is 18.6 Å². The van der Waals surface area contributed by atoms with Crippen molar-refractivity contribution in [3.63, 3.8) is 0 Å². The first-order chi connectivity index (χ1) is 13.5. The smallest absolute Gasteiger partial charge is 0.438 e. The maximum Gasteiger partial charge on any atom is 0.508 e. The molecule has 0 atom stereocenters. The molecule has 0 radical (unpaired) electrons. The van der Waals surface area contributed by atoms with Gasteiger partial charge in [-0.15, -0.1) is 0 Å². The summed E-state index contributed by atoms with van der Waals surface area (Å²) in [5.74, 6) is 0.822. The van der Waals surface area contributed by atoms with E-state index < -0.39 is 12.3 Å². The molecule has 0 aromatic carbocycles. The molecule has 164 valence electrons. The Morgan fingerprint density at radius 3 is 1.71 bits per heavy atom. The maximum atomic E-state index is 11.8. The molecule has 0 unspecified atom stereocenters. The van der Waals surface area contributed by atoms with E-state index >= 15 is 0 Å². The van der Waals surface area contributed by atoms with Gasteiger partial charge in [0.1, 0.15) is 12.2 Å². The van der Waals surface area contributed by atoms with E-state index in [4.69, 9.17) is 14.2 Å². The molecule has 0 amide bonds. The van der Waals surface area contributed by atoms with Crippen molar-refractivity contribution in [1.82, 2.24) is 0 Å². The third-order valence-corrected chi connectivity index (χ3v) is 5.21. The van der Waals surface area contributed by atoms with E-state index in [1.807, 2.05) is 0 Å². The van der Waals surface area contributed by atoms with Gasteiger partial charge in [0.15, 0.2) is 0 Å². The van der Waals surface area contributed by atoms with Crippen molar-refractivity contribution < 1.29 is 28.5 Å². The van der Waals surface area contributed by atoms with Crippen LogP contribution in [-0.4, -0.2) is 38.2 Å². The van der Waals surface area contributed by atoms with Gasteiger partial charge in [-0.2, -0.15) is 0 Å². The summed E-state index contributed by atoms with van der Waals surface area (Å²) in [7, 11) is 1.29. The van der Waals surface area contributed by atoms with Crippen LogP contribution in [0.15, 0.2) is 0 Å². The van der Waals surface area contributed by atoms with E-state index in [1.165, 1.54) is 52.1 Å². The van der Waals surface area contributed by atoms with Crippen molar-refractivity contribution in [1.29, 1.82) is 0 Å². The van der Waals surface area contributed by atoms with Crippen LogP contribution < -0.4 is 0 Å². The highest BCUT2D eigenvalue weighted by molar-refractivity contribution is 5.60. The van der Waals surface area contributed by atoms with Gasteiger partial charge in [-0.05, 0) is 38.0 Å². The highest BCUT2D eigenvalue weighted by Gasteiger charge is 2.26. The molecule has 6 nitrogen and oxygen atoms in total. The lowest BCUT2D eigenvalue weighted by atomic mass is 9.95. The lowest BCUT2D eigenvalue weighted by Crippen LogP contribution is -2.30. The molecule has 1 rings (SSSR count). The molecule has 0 aromatic heterocycles. The van der Waals surface area contributed by atoms with Crippen LogP contribution in [0.2, 0.25) is 0 Å². The number of ether oxygens (including phenoxy) is 4. The number of carbonyl (C=O) groups excluding carboxylic acids is 2. The van der Waals surface area contributed by atoms with Gasteiger partial charge in [0.05, 0.1) is 13.7 Å². The quantitative estimate of drug-likeness (QED) is 0.263. The van der Waals surface area contributed by atoms with E-state index in [9.17, 15) is 9.59 Å². The molecule has 1 aliphatic rings. The Kier molecular flexibility index (Phi) is 13.6. The summed E-state index contributed by atoms with van der Waals surface area (Å²) in [4.78, 5) is 22.8. The highest BCUT2D eigenvalue weighted by atomic mass is 16.7. The molecule has 0 aliphatic heterocycles. The van der Waals surface area contributed by atoms with Crippen molar-refractivity contribution in [2.45, 2.75) is 110 Å². The van der Waals surface area contributed by atoms with Gasteiger partial charge in [0.25, 0.3) is 0 Å². The van der Waals surface area contributed by atoms with Crippen LogP contribution in [0.25, 0.3) is 0 Å². The second kappa shape index (κ2) is 15.5. The average Bonchev–Trinajstić information content (AvgIpc) is 2.67. The van der Waals surface area contributed by atoms with Crippen molar-refractivity contribution in [2.24, 2.45) is 5.92 Å². The monoisotopic (exact) mass is 400 g/mol. The predicted molar refractivity (Wildman–Crippen MR) is 108 cm³/mol. The minimum Gasteiger partial charge on any atom is -0.438 e. The Labute approximate surface area is 170 Å². The molecule has 0 heterocycles. The Morgan fingerprint density at radius 2 is 1.21 bits per heavy atom. The Balaban J connectivity index is 1.90. The third kappa shape index (κ3) is 12.8. The normalized spacial score (nSPS) is 19.3. The zero-order chi connectivity index (χ0) is 20.6. The van der Waals surface area contributed by atoms with Crippen LogP contribution in [0.3, 0.4) is 0 Å². The maximum absolute atomic E-state index is 11.8. The molecule has 0 aromatic rings. The summed E-state index contributed by atoms with van der Waals surface area (Å²) in [5.41, 5.74) is 0. The Bertz CT molecular complexity index is 415. The van der Waals surface area contributed by atoms with E-state index in [0.717, 1.165) is 18.8 Å². The number of hydrogen-bond acceptors (Lipinski definition) is 6. The van der Waals surface area contributed by atoms with E-state index in [0.29, 0.717) is 32.3 Å². The third-order valence-electron chi connectivity index (χ3n) is 5.21. The fraction of sp³-hybridized carbons (Fsp3) is 0.909. The molecule has 0 spiro atoms. The Morgan fingerprint density at radius 1 is 0.750 bits per heavy atom.